The summed E-state index contributed by atoms with van der Waals surface area (Å²) in [6, 6.07) is 15.0. The first-order chi connectivity index (χ1) is 14.8. The number of anilines is 1. The Morgan fingerprint density at radius 2 is 1.97 bits per heavy atom. The lowest BCUT2D eigenvalue weighted by Gasteiger charge is -2.05. The van der Waals surface area contributed by atoms with Crippen LogP contribution in [0.2, 0.25) is 0 Å². The van der Waals surface area contributed by atoms with Gasteiger partial charge >= 0.3 is 5.97 Å². The number of nitriles is 1. The Labute approximate surface area is 176 Å². The molecule has 9 heteroatoms. The number of benzene rings is 2. The summed E-state index contributed by atoms with van der Waals surface area (Å²) in [6.07, 6.45) is 1.25. The number of hydrogen-bond acceptors (Lipinski definition) is 6. The number of furan rings is 1. The summed E-state index contributed by atoms with van der Waals surface area (Å²) in [5.41, 5.74) is 1.21. The van der Waals surface area contributed by atoms with E-state index in [0.29, 0.717) is 16.9 Å². The summed E-state index contributed by atoms with van der Waals surface area (Å²) in [5, 5.41) is 31.7. The first-order valence-corrected chi connectivity index (χ1v) is 8.90. The van der Waals surface area contributed by atoms with Gasteiger partial charge in [-0.15, -0.1) is 0 Å². The lowest BCUT2D eigenvalue weighted by Crippen LogP contribution is -2.13. The molecule has 0 saturated heterocycles. The number of carboxylic acid groups (broad SMARTS) is 1. The van der Waals surface area contributed by atoms with Gasteiger partial charge in [0.1, 0.15) is 23.2 Å². The molecule has 1 amide bonds. The third-order valence-corrected chi connectivity index (χ3v) is 4.33. The second-order valence-corrected chi connectivity index (χ2v) is 6.47. The first kappa shape index (κ1) is 21.0. The molecule has 0 bridgehead atoms. The van der Waals surface area contributed by atoms with Gasteiger partial charge in [-0.25, -0.2) is 4.79 Å². The molecule has 0 aliphatic heterocycles. The Bertz CT molecular complexity index is 1270. The number of hydrogen-bond donors (Lipinski definition) is 2. The van der Waals surface area contributed by atoms with Crippen molar-refractivity contribution in [2.45, 2.75) is 6.92 Å². The molecule has 0 atom stereocenters. The van der Waals surface area contributed by atoms with Crippen LogP contribution in [-0.2, 0) is 4.79 Å². The highest BCUT2D eigenvalue weighted by molar-refractivity contribution is 6.09. The number of nitrogens with zero attached hydrogens (tertiary/aromatic N) is 2. The summed E-state index contributed by atoms with van der Waals surface area (Å²) >= 11 is 0. The zero-order chi connectivity index (χ0) is 22.5. The van der Waals surface area contributed by atoms with Gasteiger partial charge in [0.15, 0.2) is 0 Å². The van der Waals surface area contributed by atoms with Crippen LogP contribution in [-0.4, -0.2) is 21.9 Å². The fourth-order valence-corrected chi connectivity index (χ4v) is 2.83. The van der Waals surface area contributed by atoms with Gasteiger partial charge in [-0.3, -0.25) is 14.9 Å². The van der Waals surface area contributed by atoms with Crippen molar-refractivity contribution in [2.24, 2.45) is 0 Å². The topological polar surface area (TPSA) is 146 Å². The average Bonchev–Trinajstić information content (AvgIpc) is 3.20. The van der Waals surface area contributed by atoms with Crippen molar-refractivity contribution in [3.05, 3.63) is 87.2 Å². The molecule has 2 aromatic carbocycles. The molecule has 1 heterocycles. The van der Waals surface area contributed by atoms with Crippen molar-refractivity contribution < 1.29 is 24.0 Å². The number of nitro benzene ring substituents is 1. The molecule has 3 rings (SSSR count). The first-order valence-electron chi connectivity index (χ1n) is 8.90. The highest BCUT2D eigenvalue weighted by atomic mass is 16.6. The Hall–Kier alpha value is -4.71. The molecule has 0 spiro atoms. The molecule has 0 aliphatic carbocycles. The summed E-state index contributed by atoms with van der Waals surface area (Å²) < 4.78 is 5.68. The maximum absolute atomic E-state index is 12.4. The minimum absolute atomic E-state index is 0.00516. The van der Waals surface area contributed by atoms with Gasteiger partial charge in [0.05, 0.1) is 10.5 Å². The van der Waals surface area contributed by atoms with Crippen molar-refractivity contribution in [3.8, 4) is 17.4 Å². The normalized spacial score (nSPS) is 10.9. The maximum atomic E-state index is 12.4. The third kappa shape index (κ3) is 4.83. The van der Waals surface area contributed by atoms with E-state index < -0.39 is 16.8 Å². The van der Waals surface area contributed by atoms with Gasteiger partial charge in [0, 0.05) is 29.5 Å². The van der Waals surface area contributed by atoms with Gasteiger partial charge in [-0.05, 0) is 48.9 Å². The largest absolute Gasteiger partial charge is 0.478 e. The van der Waals surface area contributed by atoms with E-state index in [1.165, 1.54) is 42.5 Å². The number of amides is 1. The number of carboxylic acids is 1. The van der Waals surface area contributed by atoms with Gasteiger partial charge in [0.25, 0.3) is 11.6 Å². The van der Waals surface area contributed by atoms with Crippen molar-refractivity contribution in [2.75, 3.05) is 5.32 Å². The molecule has 0 fully saturated rings. The molecular formula is C22H15N3O6. The molecule has 154 valence electrons. The fourth-order valence-electron chi connectivity index (χ4n) is 2.83. The molecule has 0 aliphatic rings. The van der Waals surface area contributed by atoms with E-state index >= 15 is 0 Å². The van der Waals surface area contributed by atoms with Gasteiger partial charge < -0.3 is 14.8 Å². The van der Waals surface area contributed by atoms with E-state index in [9.17, 15) is 25.0 Å². The van der Waals surface area contributed by atoms with E-state index in [4.69, 9.17) is 9.52 Å². The summed E-state index contributed by atoms with van der Waals surface area (Å²) in [4.78, 5) is 33.8. The van der Waals surface area contributed by atoms with Crippen molar-refractivity contribution in [3.63, 3.8) is 0 Å². The van der Waals surface area contributed by atoms with Gasteiger partial charge in [0.2, 0.25) is 0 Å². The van der Waals surface area contributed by atoms with Crippen LogP contribution in [0, 0.1) is 28.4 Å². The highest BCUT2D eigenvalue weighted by Gasteiger charge is 2.14. The summed E-state index contributed by atoms with van der Waals surface area (Å²) in [5.74, 6) is -1.21. The monoisotopic (exact) mass is 417 g/mol. The SMILES string of the molecule is Cc1cc([N+](=O)[O-])ccc1-c1ccc(/C=C(\C#N)C(=O)Nc2cccc(C(=O)O)c2)o1. The molecule has 9 nitrogen and oxygen atoms in total. The Morgan fingerprint density at radius 1 is 1.19 bits per heavy atom. The van der Waals surface area contributed by atoms with E-state index in [0.717, 1.165) is 0 Å². The smallest absolute Gasteiger partial charge is 0.335 e. The van der Waals surface area contributed by atoms with Crippen LogP contribution >= 0.6 is 0 Å². The van der Waals surface area contributed by atoms with E-state index in [2.05, 4.69) is 5.32 Å². The fraction of sp³-hybridized carbons (Fsp3) is 0.0455. The number of nitrogens with one attached hydrogen (secondary N) is 1. The van der Waals surface area contributed by atoms with E-state index in [1.54, 1.807) is 31.2 Å². The van der Waals surface area contributed by atoms with Crippen LogP contribution in [0.3, 0.4) is 0 Å². The number of nitro groups is 1. The van der Waals surface area contributed by atoms with Crippen LogP contribution in [0.15, 0.2) is 64.6 Å². The van der Waals surface area contributed by atoms with Crippen molar-refractivity contribution >= 4 is 29.3 Å². The Balaban J connectivity index is 1.82. The summed E-state index contributed by atoms with van der Waals surface area (Å²) in [6.45, 7) is 1.71. The lowest BCUT2D eigenvalue weighted by atomic mass is 10.1. The van der Waals surface area contributed by atoms with Crippen molar-refractivity contribution in [1.29, 1.82) is 5.26 Å². The van der Waals surface area contributed by atoms with Crippen molar-refractivity contribution in [1.82, 2.24) is 0 Å². The number of aryl methyl sites for hydroxylation is 1. The molecule has 0 radical (unpaired) electrons. The number of carbonyl (C=O) groups excluding carboxylic acids is 1. The minimum atomic E-state index is -1.14. The molecule has 0 saturated carbocycles. The highest BCUT2D eigenvalue weighted by Crippen LogP contribution is 2.29. The minimum Gasteiger partial charge on any atom is -0.478 e. The maximum Gasteiger partial charge on any atom is 0.335 e. The standard InChI is InChI=1S/C22H15N3O6/c1-13-9-17(25(29)30)5-7-19(13)20-8-6-18(31-20)11-15(12-23)21(26)24-16-4-2-3-14(10-16)22(27)28/h2-11H,1H3,(H,24,26)(H,27,28)/b15-11+. The molecule has 0 unspecified atom stereocenters. The van der Waals surface area contributed by atoms with E-state index in [1.807, 2.05) is 0 Å². The predicted molar refractivity (Wildman–Crippen MR) is 111 cm³/mol. The molecule has 2 N–H and O–H groups in total. The zero-order valence-corrected chi connectivity index (χ0v) is 16.2. The zero-order valence-electron chi connectivity index (χ0n) is 16.2. The molecule has 31 heavy (non-hydrogen) atoms. The molecule has 3 aromatic rings. The number of non-ortho nitro benzene ring substituents is 1. The second-order valence-electron chi connectivity index (χ2n) is 6.47. The molecule has 1 aromatic heterocycles. The third-order valence-electron chi connectivity index (χ3n) is 4.33. The summed E-state index contributed by atoms with van der Waals surface area (Å²) in [7, 11) is 0. The number of carbonyl (C=O) groups is 2. The van der Waals surface area contributed by atoms with E-state index in [-0.39, 0.29) is 28.3 Å². The quantitative estimate of drug-likeness (QED) is 0.261. The van der Waals surface area contributed by atoms with Crippen LogP contribution in [0.5, 0.6) is 0 Å². The molecular weight excluding hydrogens is 402 g/mol. The lowest BCUT2D eigenvalue weighted by molar-refractivity contribution is -0.384. The Kier molecular flexibility index (Phi) is 5.93. The second kappa shape index (κ2) is 8.75. The van der Waals surface area contributed by atoms with Crippen LogP contribution in [0.4, 0.5) is 11.4 Å². The van der Waals surface area contributed by atoms with Crippen LogP contribution < -0.4 is 5.32 Å². The number of rotatable bonds is 6. The van der Waals surface area contributed by atoms with Gasteiger partial charge in [-0.2, -0.15) is 5.26 Å². The average molecular weight is 417 g/mol. The van der Waals surface area contributed by atoms with Crippen LogP contribution in [0.1, 0.15) is 21.7 Å². The van der Waals surface area contributed by atoms with Gasteiger partial charge in [-0.1, -0.05) is 6.07 Å². The predicted octanol–water partition coefficient (Wildman–Crippen LogP) is 4.41. The number of aromatic carboxylic acids is 1. The van der Waals surface area contributed by atoms with Crippen LogP contribution in [0.25, 0.3) is 17.4 Å². The Morgan fingerprint density at radius 3 is 2.61 bits per heavy atom.